The maximum atomic E-state index is 5.00. The van der Waals surface area contributed by atoms with Crippen molar-refractivity contribution in [2.45, 2.75) is 0 Å². The van der Waals surface area contributed by atoms with Crippen LogP contribution in [0.2, 0.25) is 0 Å². The molecule has 0 saturated heterocycles. The van der Waals surface area contributed by atoms with Crippen LogP contribution in [0.1, 0.15) is 22.3 Å². The van der Waals surface area contributed by atoms with Crippen LogP contribution < -0.4 is 27.7 Å². The zero-order valence-corrected chi connectivity index (χ0v) is 22.5. The molecule has 4 aromatic carbocycles. The third-order valence-electron chi connectivity index (χ3n) is 6.89. The summed E-state index contributed by atoms with van der Waals surface area (Å²) < 4.78 is 2.99. The Hall–Kier alpha value is -2.84. The predicted octanol–water partition coefficient (Wildman–Crippen LogP) is 2.94. The fraction of sp³-hybridized carbons (Fsp3) is 0. The minimum Gasteiger partial charge on any atom is -0.147 e. The summed E-state index contributed by atoms with van der Waals surface area (Å²) in [5.41, 5.74) is 10.1. The van der Waals surface area contributed by atoms with Crippen molar-refractivity contribution in [3.05, 3.63) is 140 Å². The minimum absolute atomic E-state index is 0. The van der Waals surface area contributed by atoms with Crippen LogP contribution in [0.15, 0.2) is 106 Å². The summed E-state index contributed by atoms with van der Waals surface area (Å²) in [6.07, 6.45) is 4.47. The van der Waals surface area contributed by atoms with Crippen LogP contribution in [-0.4, -0.2) is 0 Å². The van der Waals surface area contributed by atoms with Gasteiger partial charge in [-0.25, -0.2) is 0 Å². The Labute approximate surface area is 226 Å². The molecule has 0 fully saturated rings. The van der Waals surface area contributed by atoms with Gasteiger partial charge in [-0.2, -0.15) is 0 Å². The Morgan fingerprint density at radius 2 is 0.943 bits per heavy atom. The molecule has 2 heterocycles. The number of hydrogen-bond acceptors (Lipinski definition) is 2. The van der Waals surface area contributed by atoms with Gasteiger partial charge in [0.25, 0.3) is 0 Å². The van der Waals surface area contributed by atoms with E-state index in [2.05, 4.69) is 97.1 Å². The molecular formula is C30H18Cl2N2Zr. The van der Waals surface area contributed by atoms with Crippen LogP contribution in [0.25, 0.3) is 23.3 Å². The van der Waals surface area contributed by atoms with E-state index >= 15 is 0 Å². The quantitative estimate of drug-likeness (QED) is 0.356. The second kappa shape index (κ2) is 8.38. The molecule has 0 atom stereocenters. The molecule has 0 radical (unpaired) electrons. The maximum Gasteiger partial charge on any atom is -0.147 e. The van der Waals surface area contributed by atoms with Crippen molar-refractivity contribution in [3.63, 3.8) is 0 Å². The molecule has 2 nitrogen and oxygen atoms in total. The van der Waals surface area contributed by atoms with Gasteiger partial charge in [-0.15, -0.1) is 24.8 Å². The standard InChI is InChI=1S/2C15H8N.2ClH.Zr/c2*1-2-6-11-10(5-1)9-14-15(11)12-7-3-4-8-13(12)16-14;;;/h2*1-6,8-9H;2*1H;. The van der Waals surface area contributed by atoms with Gasteiger partial charge in [0.05, 0.1) is 0 Å². The van der Waals surface area contributed by atoms with Crippen molar-refractivity contribution in [2.75, 3.05) is 0 Å². The van der Waals surface area contributed by atoms with Crippen molar-refractivity contribution in [1.29, 1.82) is 0 Å². The summed E-state index contributed by atoms with van der Waals surface area (Å²) in [5.74, 6) is 0. The van der Waals surface area contributed by atoms with E-state index in [0.717, 1.165) is 22.1 Å². The van der Waals surface area contributed by atoms with Gasteiger partial charge in [-0.3, -0.25) is 0 Å². The number of rotatable bonds is 2. The Morgan fingerprint density at radius 3 is 1.43 bits per heavy atom. The monoisotopic (exact) mass is 566 g/mol. The van der Waals surface area contributed by atoms with Crippen LogP contribution >= 0.6 is 24.8 Å². The molecule has 166 valence electrons. The molecule has 0 amide bonds. The van der Waals surface area contributed by atoms with E-state index in [-0.39, 0.29) is 24.8 Å². The van der Waals surface area contributed by atoms with Crippen molar-refractivity contribution >= 4 is 54.7 Å². The SMILES string of the molecule is C1=C2N=c3ccc[c]([Zr][c]4cccc5c4=C4C(=Cc6ccccc64)N=5)c3=C2c2ccccc21.Cl.Cl. The molecule has 0 spiro atoms. The largest absolute Gasteiger partial charge is 0.147 e. The van der Waals surface area contributed by atoms with Crippen molar-refractivity contribution < 1.29 is 23.2 Å². The van der Waals surface area contributed by atoms with E-state index in [0.29, 0.717) is 0 Å². The number of benzene rings is 4. The molecule has 35 heavy (non-hydrogen) atoms. The van der Waals surface area contributed by atoms with Crippen LogP contribution in [0.5, 0.6) is 0 Å². The van der Waals surface area contributed by atoms with Gasteiger partial charge in [-0.05, 0) is 0 Å². The van der Waals surface area contributed by atoms with Crippen LogP contribution in [0, 0.1) is 0 Å². The Morgan fingerprint density at radius 1 is 0.486 bits per heavy atom. The Balaban J connectivity index is 0.00000114. The van der Waals surface area contributed by atoms with Crippen LogP contribution in [-0.2, 0) is 23.2 Å². The van der Waals surface area contributed by atoms with Gasteiger partial charge in [0.2, 0.25) is 0 Å². The summed E-state index contributed by atoms with van der Waals surface area (Å²) in [6.45, 7) is 0. The number of nitrogens with zero attached hydrogens (tertiary/aromatic N) is 2. The Bertz CT molecular complexity index is 1760. The summed E-state index contributed by atoms with van der Waals surface area (Å²) in [5, 5.41) is 4.97. The number of fused-ring (bicyclic) bond motifs is 8. The first-order valence-corrected chi connectivity index (χ1v) is 13.6. The van der Waals surface area contributed by atoms with Gasteiger partial charge in [0.1, 0.15) is 0 Å². The topological polar surface area (TPSA) is 24.7 Å². The first-order chi connectivity index (χ1) is 16.3. The van der Waals surface area contributed by atoms with Crippen LogP contribution in [0.3, 0.4) is 0 Å². The first kappa shape index (κ1) is 22.6. The fourth-order valence-corrected chi connectivity index (χ4v) is 8.98. The Kier molecular flexibility index (Phi) is 5.42. The summed E-state index contributed by atoms with van der Waals surface area (Å²) in [7, 11) is 0. The van der Waals surface area contributed by atoms with E-state index in [4.69, 9.17) is 9.98 Å². The summed E-state index contributed by atoms with van der Waals surface area (Å²) >= 11 is -1.13. The average molecular weight is 569 g/mol. The van der Waals surface area contributed by atoms with E-state index in [1.54, 1.807) is 0 Å². The molecule has 2 aliphatic carbocycles. The third-order valence-corrected chi connectivity index (χ3v) is 10.3. The molecule has 0 N–H and O–H groups in total. The summed E-state index contributed by atoms with van der Waals surface area (Å²) in [4.78, 5) is 10.0. The van der Waals surface area contributed by atoms with Crippen LogP contribution in [0.4, 0.5) is 0 Å². The van der Waals surface area contributed by atoms with Gasteiger partial charge in [0.15, 0.2) is 0 Å². The molecule has 0 bridgehead atoms. The molecule has 0 saturated carbocycles. The molecule has 8 rings (SSSR count). The van der Waals surface area contributed by atoms with Gasteiger partial charge >= 0.3 is 203 Å². The van der Waals surface area contributed by atoms with Gasteiger partial charge < -0.3 is 0 Å². The predicted molar refractivity (Wildman–Crippen MR) is 142 cm³/mol. The zero-order chi connectivity index (χ0) is 21.5. The molecule has 0 aromatic heterocycles. The van der Waals surface area contributed by atoms with Gasteiger partial charge in [-0.1, -0.05) is 0 Å². The molecule has 2 aliphatic heterocycles. The first-order valence-electron chi connectivity index (χ1n) is 11.2. The van der Waals surface area contributed by atoms with Crippen molar-refractivity contribution in [2.24, 2.45) is 9.98 Å². The fourth-order valence-electron chi connectivity index (χ4n) is 5.52. The molecule has 4 aromatic rings. The molecule has 0 unspecified atom stereocenters. The van der Waals surface area contributed by atoms with E-state index in [1.807, 2.05) is 0 Å². The normalized spacial score (nSPS) is 14.5. The molecule has 4 aliphatic rings. The smallest absolute Gasteiger partial charge is 0.147 e. The minimum atomic E-state index is -1.13. The number of hydrogen-bond donors (Lipinski definition) is 0. The van der Waals surface area contributed by atoms with E-state index < -0.39 is 23.2 Å². The molecular weight excluding hydrogens is 550 g/mol. The maximum absolute atomic E-state index is 5.00. The zero-order valence-electron chi connectivity index (χ0n) is 18.4. The molecule has 5 heteroatoms. The second-order valence-corrected chi connectivity index (χ2v) is 12.0. The number of allylic oxidation sites excluding steroid dienone is 2. The van der Waals surface area contributed by atoms with E-state index in [1.165, 1.54) is 50.4 Å². The van der Waals surface area contributed by atoms with Crippen molar-refractivity contribution in [1.82, 2.24) is 0 Å². The summed E-state index contributed by atoms with van der Waals surface area (Å²) in [6, 6.07) is 30.7. The second-order valence-electron chi connectivity index (χ2n) is 8.73. The third kappa shape index (κ3) is 3.19. The van der Waals surface area contributed by atoms with Gasteiger partial charge in [0, 0.05) is 0 Å². The van der Waals surface area contributed by atoms with Crippen molar-refractivity contribution in [3.8, 4) is 0 Å². The van der Waals surface area contributed by atoms with E-state index in [9.17, 15) is 0 Å². The average Bonchev–Trinajstić information content (AvgIpc) is 3.56. The number of halogens is 2.